The Morgan fingerprint density at radius 1 is 1.19 bits per heavy atom. The highest BCUT2D eigenvalue weighted by molar-refractivity contribution is 7.48. The summed E-state index contributed by atoms with van der Waals surface area (Å²) < 4.78 is 35.8. The average Bonchev–Trinajstić information content (AvgIpc) is 2.80. The molecule has 0 aliphatic carbocycles. The molecule has 9 nitrogen and oxygen atoms in total. The first-order valence-corrected chi connectivity index (χ1v) is 13.5. The maximum Gasteiger partial charge on any atom is 0.530 e. The minimum Gasteiger partial charge on any atom is -0.507 e. The molecule has 0 unspecified atom stereocenters. The van der Waals surface area contributed by atoms with Crippen molar-refractivity contribution in [3.8, 4) is 22.8 Å². The van der Waals surface area contributed by atoms with Gasteiger partial charge in [0.05, 0.1) is 24.3 Å². The SMILES string of the molecule is CCOP(=O)(OCC)Oc1cc(O)c2c(=O)cc(-c3ccccc3Cl)oc2c1[C@H]1CCN(C)C[C@H]1O. The topological polar surface area (TPSA) is 119 Å². The molecule has 1 saturated heterocycles. The number of phenolic OH excluding ortho intramolecular Hbond substituents is 1. The van der Waals surface area contributed by atoms with Gasteiger partial charge in [-0.25, -0.2) is 4.57 Å². The van der Waals surface area contributed by atoms with E-state index in [1.807, 2.05) is 11.9 Å². The number of nitrogens with zero attached hydrogens (tertiary/aromatic N) is 1. The third-order valence-corrected chi connectivity index (χ3v) is 7.96. The van der Waals surface area contributed by atoms with Crippen LogP contribution in [0.15, 0.2) is 45.6 Å². The number of phosphoric acid groups is 1. The number of aliphatic hydroxyl groups is 1. The number of benzene rings is 2. The molecule has 194 valence electrons. The molecule has 0 bridgehead atoms. The van der Waals surface area contributed by atoms with Gasteiger partial charge in [-0.1, -0.05) is 23.7 Å². The van der Waals surface area contributed by atoms with E-state index in [2.05, 4.69) is 0 Å². The van der Waals surface area contributed by atoms with Crippen molar-refractivity contribution >= 4 is 30.4 Å². The van der Waals surface area contributed by atoms with Gasteiger partial charge in [-0.05, 0) is 46.0 Å². The summed E-state index contributed by atoms with van der Waals surface area (Å²) in [7, 11) is -2.19. The van der Waals surface area contributed by atoms with Crippen molar-refractivity contribution in [2.45, 2.75) is 32.3 Å². The second kappa shape index (κ2) is 10.9. The molecule has 2 N–H and O–H groups in total. The lowest BCUT2D eigenvalue weighted by Gasteiger charge is -2.35. The largest absolute Gasteiger partial charge is 0.530 e. The van der Waals surface area contributed by atoms with E-state index in [0.717, 1.165) is 0 Å². The van der Waals surface area contributed by atoms with E-state index >= 15 is 0 Å². The zero-order chi connectivity index (χ0) is 26.0. The molecule has 4 rings (SSSR count). The number of hydrogen-bond donors (Lipinski definition) is 2. The quantitative estimate of drug-likeness (QED) is 0.375. The molecule has 0 radical (unpaired) electrons. The minimum atomic E-state index is -4.08. The fraction of sp³-hybridized carbons (Fsp3) is 0.400. The number of β-amino-alcohol motifs (C(OH)–C–C–N with tert-alkyl or cyclic N) is 1. The Labute approximate surface area is 213 Å². The molecule has 0 saturated carbocycles. The van der Waals surface area contributed by atoms with Gasteiger partial charge in [0.1, 0.15) is 28.2 Å². The number of halogens is 1. The number of fused-ring (bicyclic) bond motifs is 1. The molecule has 0 spiro atoms. The predicted octanol–water partition coefficient (Wildman–Crippen LogP) is 5.16. The molecular weight excluding hydrogens is 509 g/mol. The van der Waals surface area contributed by atoms with E-state index in [1.165, 1.54) is 12.1 Å². The zero-order valence-electron chi connectivity index (χ0n) is 20.3. The summed E-state index contributed by atoms with van der Waals surface area (Å²) in [6.07, 6.45) is -0.367. The van der Waals surface area contributed by atoms with Crippen LogP contribution in [0, 0.1) is 0 Å². The van der Waals surface area contributed by atoms with Crippen molar-refractivity contribution in [2.24, 2.45) is 0 Å². The number of likely N-dealkylation sites (N-methyl/N-ethyl adjacent to an activating group) is 1. The first-order chi connectivity index (χ1) is 17.2. The summed E-state index contributed by atoms with van der Waals surface area (Å²) >= 11 is 6.36. The Bertz CT molecular complexity index is 1350. The summed E-state index contributed by atoms with van der Waals surface area (Å²) in [5.74, 6) is -0.861. The number of aromatic hydroxyl groups is 1. The Balaban J connectivity index is 2.01. The van der Waals surface area contributed by atoms with Crippen LogP contribution in [0.2, 0.25) is 5.02 Å². The number of phosphoric ester groups is 1. The number of phenols is 1. The molecule has 2 aromatic carbocycles. The highest BCUT2D eigenvalue weighted by Crippen LogP contribution is 2.53. The van der Waals surface area contributed by atoms with Gasteiger partial charge in [-0.2, -0.15) is 0 Å². The van der Waals surface area contributed by atoms with Crippen LogP contribution in [-0.2, 0) is 13.6 Å². The third-order valence-electron chi connectivity index (χ3n) is 6.06. The van der Waals surface area contributed by atoms with Gasteiger partial charge in [0.25, 0.3) is 0 Å². The Kier molecular flexibility index (Phi) is 8.09. The van der Waals surface area contributed by atoms with Crippen molar-refractivity contribution in [1.29, 1.82) is 0 Å². The van der Waals surface area contributed by atoms with Gasteiger partial charge in [0.2, 0.25) is 0 Å². The lowest BCUT2D eigenvalue weighted by atomic mass is 9.85. The van der Waals surface area contributed by atoms with Gasteiger partial charge in [-0.15, -0.1) is 0 Å². The Morgan fingerprint density at radius 3 is 2.53 bits per heavy atom. The zero-order valence-corrected chi connectivity index (χ0v) is 21.9. The van der Waals surface area contributed by atoms with Gasteiger partial charge in [-0.3, -0.25) is 13.8 Å². The van der Waals surface area contributed by atoms with Crippen LogP contribution >= 0.6 is 19.4 Å². The number of aliphatic hydroxyl groups excluding tert-OH is 1. The molecule has 2 heterocycles. The lowest BCUT2D eigenvalue weighted by molar-refractivity contribution is 0.0630. The molecule has 1 aromatic heterocycles. The second-order valence-electron chi connectivity index (χ2n) is 8.57. The summed E-state index contributed by atoms with van der Waals surface area (Å²) in [5.41, 5.74) is 0.291. The maximum atomic E-state index is 13.3. The van der Waals surface area contributed by atoms with Crippen LogP contribution < -0.4 is 9.95 Å². The van der Waals surface area contributed by atoms with Crippen molar-refractivity contribution in [3.05, 3.63) is 57.2 Å². The number of likely N-dealkylation sites (tertiary alicyclic amines) is 1. The van der Waals surface area contributed by atoms with E-state index in [0.29, 0.717) is 35.7 Å². The molecule has 2 atom stereocenters. The van der Waals surface area contributed by atoms with Crippen molar-refractivity contribution in [1.82, 2.24) is 4.90 Å². The number of piperidine rings is 1. The van der Waals surface area contributed by atoms with Crippen LogP contribution in [-0.4, -0.2) is 54.6 Å². The second-order valence-corrected chi connectivity index (χ2v) is 10.6. The monoisotopic (exact) mass is 537 g/mol. The van der Waals surface area contributed by atoms with Gasteiger partial charge in [0, 0.05) is 35.7 Å². The van der Waals surface area contributed by atoms with Gasteiger partial charge in [0.15, 0.2) is 5.43 Å². The highest BCUT2D eigenvalue weighted by atomic mass is 35.5. The van der Waals surface area contributed by atoms with Crippen molar-refractivity contribution in [2.75, 3.05) is 33.4 Å². The van der Waals surface area contributed by atoms with E-state index < -0.39 is 31.0 Å². The summed E-state index contributed by atoms with van der Waals surface area (Å²) in [6, 6.07) is 9.32. The van der Waals surface area contributed by atoms with E-state index in [4.69, 9.17) is 29.6 Å². The summed E-state index contributed by atoms with van der Waals surface area (Å²) in [4.78, 5) is 15.2. The third kappa shape index (κ3) is 5.32. The highest BCUT2D eigenvalue weighted by Gasteiger charge is 2.37. The molecular formula is C25H29ClNO8P. The van der Waals surface area contributed by atoms with Gasteiger partial charge < -0.3 is 24.1 Å². The Morgan fingerprint density at radius 2 is 1.89 bits per heavy atom. The normalized spacial score (nSPS) is 19.0. The molecule has 1 aliphatic rings. The van der Waals surface area contributed by atoms with Crippen molar-refractivity contribution in [3.63, 3.8) is 0 Å². The lowest BCUT2D eigenvalue weighted by Crippen LogP contribution is -2.40. The number of rotatable bonds is 8. The molecule has 3 aromatic rings. The predicted molar refractivity (Wildman–Crippen MR) is 137 cm³/mol. The average molecular weight is 538 g/mol. The molecule has 36 heavy (non-hydrogen) atoms. The first kappa shape index (κ1) is 26.7. The number of hydrogen-bond acceptors (Lipinski definition) is 9. The maximum absolute atomic E-state index is 13.3. The van der Waals surface area contributed by atoms with Crippen LogP contribution in [0.3, 0.4) is 0 Å². The molecule has 11 heteroatoms. The molecule has 1 aliphatic heterocycles. The summed E-state index contributed by atoms with van der Waals surface area (Å²) in [6.45, 7) is 4.39. The van der Waals surface area contributed by atoms with E-state index in [1.54, 1.807) is 38.1 Å². The van der Waals surface area contributed by atoms with Crippen LogP contribution in [0.25, 0.3) is 22.3 Å². The smallest absolute Gasteiger partial charge is 0.507 e. The fourth-order valence-electron chi connectivity index (χ4n) is 4.49. The van der Waals surface area contributed by atoms with Crippen LogP contribution in [0.4, 0.5) is 0 Å². The molecule has 1 fully saturated rings. The van der Waals surface area contributed by atoms with E-state index in [-0.39, 0.29) is 35.7 Å². The van der Waals surface area contributed by atoms with Crippen molar-refractivity contribution < 1.29 is 32.8 Å². The fourth-order valence-corrected chi connectivity index (χ4v) is 5.92. The summed E-state index contributed by atoms with van der Waals surface area (Å²) in [5, 5.41) is 22.1. The van der Waals surface area contributed by atoms with Crippen LogP contribution in [0.1, 0.15) is 31.7 Å². The van der Waals surface area contributed by atoms with Gasteiger partial charge >= 0.3 is 7.82 Å². The standard InChI is InChI=1S/C25H29ClNO8P/c1-4-32-36(31,33-5-2)35-22-13-19(29)24-18(28)12-21(15-8-6-7-9-17(15)26)34-25(24)23(22)16-10-11-27(3)14-20(16)30/h6-9,12-13,16,20,29-30H,4-5,10-11,14H2,1-3H3/t16-,20+/m0/s1. The Hall–Kier alpha value is -2.39. The van der Waals surface area contributed by atoms with E-state index in [9.17, 15) is 19.6 Å². The van der Waals surface area contributed by atoms with Crippen LogP contribution in [0.5, 0.6) is 11.5 Å². The molecule has 0 amide bonds. The minimum absolute atomic E-state index is 0.0144. The first-order valence-electron chi connectivity index (χ1n) is 11.7.